The van der Waals surface area contributed by atoms with E-state index in [1.54, 1.807) is 15.5 Å². The Hall–Kier alpha value is -2.41. The van der Waals surface area contributed by atoms with Crippen molar-refractivity contribution in [3.8, 4) is 0 Å². The first-order valence-electron chi connectivity index (χ1n) is 12.1. The molecule has 4 aliphatic rings. The van der Waals surface area contributed by atoms with Crippen molar-refractivity contribution >= 4 is 17.9 Å². The summed E-state index contributed by atoms with van der Waals surface area (Å²) in [6.45, 7) is 3.59. The fraction of sp³-hybridized carbons (Fsp3) is 0.640. The number of hydrogen-bond donors (Lipinski definition) is 1. The van der Waals surface area contributed by atoms with Crippen molar-refractivity contribution < 1.29 is 14.7 Å². The standard InChI is InChI=1S/C25H33N3O4/c1-2-6-17-9-10-20-22-18(14-27(20)24(17)31)19(15-29)23(25(32)26-11-4-3-5-12-26)28(22)21(30)13-16-7-8-16/h2,6,9-10,16,18-19,22-23,29H,3-5,7-8,11-15H2,1H3/b6-2-/t18-,19-,22+,23-/m1/s1. The second-order valence-electron chi connectivity index (χ2n) is 9.86. The highest BCUT2D eigenvalue weighted by Gasteiger charge is 2.58. The zero-order valence-corrected chi connectivity index (χ0v) is 18.8. The Kier molecular flexibility index (Phi) is 5.70. The van der Waals surface area contributed by atoms with Gasteiger partial charge < -0.3 is 19.5 Å². The van der Waals surface area contributed by atoms with Crippen LogP contribution in [0.15, 0.2) is 23.0 Å². The minimum absolute atomic E-state index is 0.00719. The highest BCUT2D eigenvalue weighted by atomic mass is 16.3. The molecule has 5 rings (SSSR count). The molecule has 2 amide bonds. The predicted molar refractivity (Wildman–Crippen MR) is 121 cm³/mol. The fourth-order valence-electron chi connectivity index (χ4n) is 6.05. The quantitative estimate of drug-likeness (QED) is 0.762. The van der Waals surface area contributed by atoms with Crippen LogP contribution in [0.1, 0.15) is 62.7 Å². The molecule has 7 nitrogen and oxygen atoms in total. The number of aromatic nitrogens is 1. The molecule has 0 aromatic carbocycles. The molecule has 0 bridgehead atoms. The Morgan fingerprint density at radius 3 is 2.56 bits per heavy atom. The third kappa shape index (κ3) is 3.51. The Morgan fingerprint density at radius 1 is 1.16 bits per heavy atom. The Labute approximate surface area is 188 Å². The van der Waals surface area contributed by atoms with Crippen LogP contribution >= 0.6 is 0 Å². The number of carbonyl (C=O) groups is 2. The van der Waals surface area contributed by atoms with Crippen LogP contribution in [-0.2, 0) is 16.1 Å². The van der Waals surface area contributed by atoms with E-state index in [0.29, 0.717) is 24.4 Å². The van der Waals surface area contributed by atoms with Gasteiger partial charge in [0.15, 0.2) is 0 Å². The number of allylic oxidation sites excluding steroid dienone is 1. The molecule has 3 aliphatic heterocycles. The second kappa shape index (κ2) is 8.50. The number of hydrogen-bond acceptors (Lipinski definition) is 4. The number of piperidine rings is 1. The molecule has 1 aliphatic carbocycles. The van der Waals surface area contributed by atoms with E-state index in [1.165, 1.54) is 0 Å². The highest BCUT2D eigenvalue weighted by molar-refractivity contribution is 5.89. The number of amides is 2. The molecule has 0 unspecified atom stereocenters. The van der Waals surface area contributed by atoms with Gasteiger partial charge in [0.05, 0.1) is 6.04 Å². The molecular weight excluding hydrogens is 406 g/mol. The first-order chi connectivity index (χ1) is 15.5. The molecule has 3 fully saturated rings. The topological polar surface area (TPSA) is 82.8 Å². The summed E-state index contributed by atoms with van der Waals surface area (Å²) in [6, 6.07) is 2.78. The number of pyridine rings is 1. The lowest BCUT2D eigenvalue weighted by atomic mass is 9.88. The van der Waals surface area contributed by atoms with Crippen molar-refractivity contribution in [2.45, 2.75) is 64.1 Å². The van der Waals surface area contributed by atoms with E-state index >= 15 is 0 Å². The number of nitrogens with zero attached hydrogens (tertiary/aromatic N) is 3. The van der Waals surface area contributed by atoms with Gasteiger partial charge in [-0.3, -0.25) is 14.4 Å². The summed E-state index contributed by atoms with van der Waals surface area (Å²) >= 11 is 0. The Balaban J connectivity index is 1.55. The van der Waals surface area contributed by atoms with E-state index in [1.807, 2.05) is 30.0 Å². The molecule has 1 N–H and O–H groups in total. The van der Waals surface area contributed by atoms with Gasteiger partial charge in [-0.25, -0.2) is 0 Å². The largest absolute Gasteiger partial charge is 0.396 e. The van der Waals surface area contributed by atoms with E-state index in [4.69, 9.17) is 0 Å². The van der Waals surface area contributed by atoms with Crippen molar-refractivity contribution in [1.82, 2.24) is 14.4 Å². The fourth-order valence-corrected chi connectivity index (χ4v) is 6.05. The summed E-state index contributed by atoms with van der Waals surface area (Å²) in [5.41, 5.74) is 1.35. The third-order valence-corrected chi connectivity index (χ3v) is 7.82. The number of fused-ring (bicyclic) bond motifs is 3. The molecule has 0 spiro atoms. The van der Waals surface area contributed by atoms with Crippen LogP contribution in [0.4, 0.5) is 0 Å². The van der Waals surface area contributed by atoms with E-state index in [0.717, 1.165) is 50.9 Å². The van der Waals surface area contributed by atoms with Crippen LogP contribution in [0.2, 0.25) is 0 Å². The number of aliphatic hydroxyl groups excluding tert-OH is 1. The monoisotopic (exact) mass is 439 g/mol. The zero-order chi connectivity index (χ0) is 22.4. The lowest BCUT2D eigenvalue weighted by molar-refractivity contribution is -0.148. The molecule has 2 saturated heterocycles. The summed E-state index contributed by atoms with van der Waals surface area (Å²) in [5.74, 6) is -0.119. The number of likely N-dealkylation sites (tertiary alicyclic amines) is 2. The van der Waals surface area contributed by atoms with E-state index < -0.39 is 6.04 Å². The number of rotatable bonds is 5. The number of carbonyl (C=O) groups excluding carboxylic acids is 2. The average Bonchev–Trinajstić information content (AvgIpc) is 3.44. The van der Waals surface area contributed by atoms with E-state index in [-0.39, 0.29) is 41.9 Å². The lowest BCUT2D eigenvalue weighted by Crippen LogP contribution is -2.52. The molecule has 172 valence electrons. The van der Waals surface area contributed by atoms with Gasteiger partial charge >= 0.3 is 0 Å². The molecular formula is C25H33N3O4. The smallest absolute Gasteiger partial charge is 0.258 e. The van der Waals surface area contributed by atoms with E-state index in [9.17, 15) is 19.5 Å². The Morgan fingerprint density at radius 2 is 1.91 bits per heavy atom. The van der Waals surface area contributed by atoms with Crippen molar-refractivity contribution in [1.29, 1.82) is 0 Å². The van der Waals surface area contributed by atoms with E-state index in [2.05, 4.69) is 0 Å². The van der Waals surface area contributed by atoms with Crippen molar-refractivity contribution in [3.05, 3.63) is 39.8 Å². The van der Waals surface area contributed by atoms with Crippen LogP contribution in [0.3, 0.4) is 0 Å². The molecule has 1 aromatic rings. The number of aliphatic hydroxyl groups is 1. The van der Waals surface area contributed by atoms with Gasteiger partial charge in [-0.15, -0.1) is 0 Å². The third-order valence-electron chi connectivity index (χ3n) is 7.82. The summed E-state index contributed by atoms with van der Waals surface area (Å²) in [4.78, 5) is 43.9. The summed E-state index contributed by atoms with van der Waals surface area (Å²) in [6.07, 6.45) is 9.30. The summed E-state index contributed by atoms with van der Waals surface area (Å²) in [7, 11) is 0. The predicted octanol–water partition coefficient (Wildman–Crippen LogP) is 2.18. The summed E-state index contributed by atoms with van der Waals surface area (Å²) in [5, 5.41) is 10.4. The molecule has 7 heteroatoms. The first kappa shape index (κ1) is 21.4. The van der Waals surface area contributed by atoms with Crippen LogP contribution in [0, 0.1) is 17.8 Å². The van der Waals surface area contributed by atoms with Crippen LogP contribution in [0.25, 0.3) is 6.08 Å². The maximum absolute atomic E-state index is 13.7. The van der Waals surface area contributed by atoms with Gasteiger partial charge in [0.1, 0.15) is 6.04 Å². The SMILES string of the molecule is C/C=C\c1ccc2n(c1=O)C[C@@H]1[C@@H](CO)[C@H](C(=O)N3CCCCC3)N(C(=O)CC3CC3)[C@H]21. The van der Waals surface area contributed by atoms with Gasteiger partial charge in [-0.05, 0) is 57.1 Å². The minimum atomic E-state index is -0.640. The van der Waals surface area contributed by atoms with Gasteiger partial charge in [0, 0.05) is 55.8 Å². The van der Waals surface area contributed by atoms with Crippen molar-refractivity contribution in [2.24, 2.45) is 17.8 Å². The van der Waals surface area contributed by atoms with Crippen LogP contribution < -0.4 is 5.56 Å². The Bertz CT molecular complexity index is 989. The van der Waals surface area contributed by atoms with Crippen LogP contribution in [0.5, 0.6) is 0 Å². The van der Waals surface area contributed by atoms with Gasteiger partial charge in [0.2, 0.25) is 11.8 Å². The van der Waals surface area contributed by atoms with Gasteiger partial charge in [-0.1, -0.05) is 12.2 Å². The van der Waals surface area contributed by atoms with Gasteiger partial charge in [0.25, 0.3) is 5.56 Å². The lowest BCUT2D eigenvalue weighted by Gasteiger charge is -2.36. The zero-order valence-electron chi connectivity index (χ0n) is 18.8. The van der Waals surface area contributed by atoms with Crippen molar-refractivity contribution in [2.75, 3.05) is 19.7 Å². The average molecular weight is 440 g/mol. The molecule has 4 heterocycles. The maximum Gasteiger partial charge on any atom is 0.258 e. The second-order valence-corrected chi connectivity index (χ2v) is 9.86. The molecule has 1 aromatic heterocycles. The molecule has 32 heavy (non-hydrogen) atoms. The van der Waals surface area contributed by atoms with Crippen molar-refractivity contribution in [3.63, 3.8) is 0 Å². The highest BCUT2D eigenvalue weighted by Crippen LogP contribution is 2.50. The normalized spacial score (nSPS) is 29.4. The minimum Gasteiger partial charge on any atom is -0.396 e. The van der Waals surface area contributed by atoms with Gasteiger partial charge in [-0.2, -0.15) is 0 Å². The molecule has 1 saturated carbocycles. The summed E-state index contributed by atoms with van der Waals surface area (Å²) < 4.78 is 1.76. The molecule has 4 atom stereocenters. The maximum atomic E-state index is 13.7. The van der Waals surface area contributed by atoms with Crippen LogP contribution in [-0.4, -0.2) is 57.0 Å². The molecule has 0 radical (unpaired) electrons. The first-order valence-corrected chi connectivity index (χ1v) is 12.1.